The Labute approximate surface area is 109 Å². The molecule has 0 aliphatic carbocycles. The lowest BCUT2D eigenvalue weighted by atomic mass is 10.1. The Bertz CT molecular complexity index is 810. The van der Waals surface area contributed by atoms with E-state index >= 15 is 0 Å². The molecular weight excluding hydrogens is 238 g/mol. The molecule has 3 rings (SSSR count). The summed E-state index contributed by atoms with van der Waals surface area (Å²) < 4.78 is 0. The molecule has 0 aliphatic rings. The number of imidazole rings is 1. The van der Waals surface area contributed by atoms with E-state index in [9.17, 15) is 0 Å². The van der Waals surface area contributed by atoms with Gasteiger partial charge in [0.05, 0.1) is 34.0 Å². The van der Waals surface area contributed by atoms with Gasteiger partial charge in [0.15, 0.2) is 0 Å². The van der Waals surface area contributed by atoms with Crippen molar-refractivity contribution in [3.8, 4) is 17.5 Å². The molecule has 5 N–H and O–H groups in total. The van der Waals surface area contributed by atoms with E-state index in [-0.39, 0.29) is 0 Å². The maximum Gasteiger partial charge on any atom is 0.138 e. The smallest absolute Gasteiger partial charge is 0.138 e. The van der Waals surface area contributed by atoms with Crippen LogP contribution in [0, 0.1) is 11.3 Å². The molecule has 0 unspecified atom stereocenters. The van der Waals surface area contributed by atoms with Crippen LogP contribution in [0.1, 0.15) is 5.56 Å². The predicted octanol–water partition coefficient (Wildman–Crippen LogP) is 2.27. The number of nitrogen functional groups attached to an aromatic ring is 2. The van der Waals surface area contributed by atoms with Gasteiger partial charge in [-0.15, -0.1) is 0 Å². The number of rotatable bonds is 1. The van der Waals surface area contributed by atoms with Gasteiger partial charge in [-0.2, -0.15) is 5.26 Å². The van der Waals surface area contributed by atoms with E-state index in [1.54, 1.807) is 24.3 Å². The van der Waals surface area contributed by atoms with Crippen molar-refractivity contribution in [2.75, 3.05) is 11.5 Å². The summed E-state index contributed by atoms with van der Waals surface area (Å²) in [5, 5.41) is 8.87. The van der Waals surface area contributed by atoms with Crippen molar-refractivity contribution >= 4 is 22.4 Å². The Hall–Kier alpha value is -3.00. The molecule has 0 saturated carbocycles. The monoisotopic (exact) mass is 249 g/mol. The largest absolute Gasteiger partial charge is 0.397 e. The number of nitrogens with zero attached hydrogens (tertiary/aromatic N) is 2. The van der Waals surface area contributed by atoms with Crippen LogP contribution in [0.3, 0.4) is 0 Å². The van der Waals surface area contributed by atoms with Crippen LogP contribution in [0.5, 0.6) is 0 Å². The van der Waals surface area contributed by atoms with Crippen molar-refractivity contribution in [1.82, 2.24) is 9.97 Å². The second kappa shape index (κ2) is 4.03. The third-order valence-electron chi connectivity index (χ3n) is 2.97. The molecule has 0 spiro atoms. The summed E-state index contributed by atoms with van der Waals surface area (Å²) in [4.78, 5) is 7.64. The predicted molar refractivity (Wildman–Crippen MR) is 75.1 cm³/mol. The van der Waals surface area contributed by atoms with Crippen molar-refractivity contribution in [3.05, 3.63) is 42.0 Å². The normalized spacial score (nSPS) is 10.5. The number of H-pyrrole nitrogens is 1. The molecule has 5 nitrogen and oxygen atoms in total. The minimum Gasteiger partial charge on any atom is -0.397 e. The zero-order valence-corrected chi connectivity index (χ0v) is 10.0. The summed E-state index contributed by atoms with van der Waals surface area (Å²) >= 11 is 0. The Morgan fingerprint density at radius 1 is 1.05 bits per heavy atom. The summed E-state index contributed by atoms with van der Waals surface area (Å²) in [6.07, 6.45) is 0. The number of nitriles is 1. The fourth-order valence-corrected chi connectivity index (χ4v) is 1.94. The van der Waals surface area contributed by atoms with E-state index in [1.165, 1.54) is 0 Å². The van der Waals surface area contributed by atoms with Crippen molar-refractivity contribution in [2.45, 2.75) is 0 Å². The molecule has 0 saturated heterocycles. The van der Waals surface area contributed by atoms with Crippen molar-refractivity contribution in [2.24, 2.45) is 0 Å². The van der Waals surface area contributed by atoms with Crippen molar-refractivity contribution in [3.63, 3.8) is 0 Å². The highest BCUT2D eigenvalue weighted by molar-refractivity contribution is 5.82. The van der Waals surface area contributed by atoms with E-state index in [2.05, 4.69) is 16.0 Å². The lowest BCUT2D eigenvalue weighted by Gasteiger charge is -2.01. The first-order chi connectivity index (χ1) is 9.17. The zero-order valence-electron chi connectivity index (χ0n) is 10.0. The van der Waals surface area contributed by atoms with Crippen LogP contribution in [-0.2, 0) is 0 Å². The third-order valence-corrected chi connectivity index (χ3v) is 2.97. The van der Waals surface area contributed by atoms with Gasteiger partial charge in [0.25, 0.3) is 0 Å². The molecule has 3 aromatic rings. The topological polar surface area (TPSA) is 105 Å². The molecule has 1 aromatic heterocycles. The Kier molecular flexibility index (Phi) is 2.36. The number of hydrogen-bond donors (Lipinski definition) is 3. The number of aromatic nitrogens is 2. The minimum absolute atomic E-state index is 0.524. The maximum absolute atomic E-state index is 8.87. The standard InChI is InChI=1S/C14H11N5/c15-7-8-1-4-12-13(5-8)19-14(18-12)9-2-3-10(16)11(17)6-9/h1-6H,16-17H2,(H,18,19). The molecule has 5 heteroatoms. The number of nitrogens with one attached hydrogen (secondary N) is 1. The minimum atomic E-state index is 0.524. The molecular formula is C14H11N5. The Morgan fingerprint density at radius 2 is 1.89 bits per heavy atom. The first-order valence-electron chi connectivity index (χ1n) is 5.72. The highest BCUT2D eigenvalue weighted by atomic mass is 14.9. The fraction of sp³-hybridized carbons (Fsp3) is 0. The number of aromatic amines is 1. The van der Waals surface area contributed by atoms with E-state index < -0.39 is 0 Å². The highest BCUT2D eigenvalue weighted by Crippen LogP contribution is 2.25. The molecule has 0 amide bonds. The molecule has 0 bridgehead atoms. The number of nitrogens with two attached hydrogens (primary N) is 2. The van der Waals surface area contributed by atoms with Gasteiger partial charge in [-0.25, -0.2) is 4.98 Å². The summed E-state index contributed by atoms with van der Waals surface area (Å²) in [7, 11) is 0. The lowest BCUT2D eigenvalue weighted by Crippen LogP contribution is -1.94. The van der Waals surface area contributed by atoms with Gasteiger partial charge in [-0.05, 0) is 36.4 Å². The second-order valence-corrected chi connectivity index (χ2v) is 4.27. The number of benzene rings is 2. The molecule has 0 atom stereocenters. The lowest BCUT2D eigenvalue weighted by molar-refractivity contribution is 1.34. The molecule has 2 aromatic carbocycles. The van der Waals surface area contributed by atoms with Crippen molar-refractivity contribution < 1.29 is 0 Å². The Balaban J connectivity index is 2.15. The van der Waals surface area contributed by atoms with Crippen LogP contribution in [-0.4, -0.2) is 9.97 Å². The average Bonchev–Trinajstić information content (AvgIpc) is 2.84. The van der Waals surface area contributed by atoms with Gasteiger partial charge in [0, 0.05) is 5.56 Å². The van der Waals surface area contributed by atoms with Crippen LogP contribution in [0.25, 0.3) is 22.4 Å². The van der Waals surface area contributed by atoms with Crippen LogP contribution in [0.15, 0.2) is 36.4 Å². The quantitative estimate of drug-likeness (QED) is 0.575. The SMILES string of the molecule is N#Cc1ccc2nc(-c3ccc(N)c(N)c3)[nH]c2c1. The molecule has 19 heavy (non-hydrogen) atoms. The number of hydrogen-bond acceptors (Lipinski definition) is 4. The summed E-state index contributed by atoms with van der Waals surface area (Å²) in [5.41, 5.74) is 15.6. The summed E-state index contributed by atoms with van der Waals surface area (Å²) in [6.45, 7) is 0. The van der Waals surface area contributed by atoms with E-state index in [0.717, 1.165) is 16.6 Å². The molecule has 0 radical (unpaired) electrons. The van der Waals surface area contributed by atoms with Gasteiger partial charge < -0.3 is 16.5 Å². The summed E-state index contributed by atoms with van der Waals surface area (Å²) in [6, 6.07) is 12.8. The number of anilines is 2. The maximum atomic E-state index is 8.87. The van der Waals surface area contributed by atoms with Gasteiger partial charge in [-0.3, -0.25) is 0 Å². The van der Waals surface area contributed by atoms with Gasteiger partial charge >= 0.3 is 0 Å². The van der Waals surface area contributed by atoms with E-state index in [1.807, 2.05) is 12.1 Å². The van der Waals surface area contributed by atoms with E-state index in [0.29, 0.717) is 22.8 Å². The van der Waals surface area contributed by atoms with Gasteiger partial charge in [0.2, 0.25) is 0 Å². The first-order valence-corrected chi connectivity index (χ1v) is 5.72. The summed E-state index contributed by atoms with van der Waals surface area (Å²) in [5.74, 6) is 0.705. The fourth-order valence-electron chi connectivity index (χ4n) is 1.94. The van der Waals surface area contributed by atoms with E-state index in [4.69, 9.17) is 16.7 Å². The molecule has 92 valence electrons. The van der Waals surface area contributed by atoms with Crippen LogP contribution < -0.4 is 11.5 Å². The number of fused-ring (bicyclic) bond motifs is 1. The van der Waals surface area contributed by atoms with Gasteiger partial charge in [0.1, 0.15) is 5.82 Å². The zero-order chi connectivity index (χ0) is 13.4. The van der Waals surface area contributed by atoms with Crippen LogP contribution >= 0.6 is 0 Å². The van der Waals surface area contributed by atoms with Gasteiger partial charge in [-0.1, -0.05) is 0 Å². The molecule has 1 heterocycles. The van der Waals surface area contributed by atoms with Crippen LogP contribution in [0.2, 0.25) is 0 Å². The Morgan fingerprint density at radius 3 is 2.63 bits per heavy atom. The third kappa shape index (κ3) is 1.85. The highest BCUT2D eigenvalue weighted by Gasteiger charge is 2.07. The first kappa shape index (κ1) is 11.1. The molecule has 0 fully saturated rings. The second-order valence-electron chi connectivity index (χ2n) is 4.27. The van der Waals surface area contributed by atoms with Crippen molar-refractivity contribution in [1.29, 1.82) is 5.26 Å². The molecule has 0 aliphatic heterocycles. The van der Waals surface area contributed by atoms with Crippen LogP contribution in [0.4, 0.5) is 11.4 Å². The average molecular weight is 249 g/mol.